The maximum absolute atomic E-state index is 13.4. The highest BCUT2D eigenvalue weighted by Crippen LogP contribution is 2.20. The lowest BCUT2D eigenvalue weighted by Crippen LogP contribution is -2.24. The summed E-state index contributed by atoms with van der Waals surface area (Å²) in [7, 11) is 1.48. The van der Waals surface area contributed by atoms with E-state index in [1.165, 1.54) is 7.05 Å². The van der Waals surface area contributed by atoms with Crippen LogP contribution in [0.4, 0.5) is 8.78 Å². The van der Waals surface area contributed by atoms with Crippen molar-refractivity contribution >= 4 is 11.9 Å². The number of hydrogen-bond acceptors (Lipinski definition) is 2. The monoisotopic (exact) mass is 225 g/mol. The van der Waals surface area contributed by atoms with E-state index in [4.69, 9.17) is 0 Å². The van der Waals surface area contributed by atoms with E-state index >= 15 is 0 Å². The van der Waals surface area contributed by atoms with Crippen LogP contribution in [-0.4, -0.2) is 18.9 Å². The van der Waals surface area contributed by atoms with E-state index < -0.39 is 23.6 Å². The van der Waals surface area contributed by atoms with Crippen LogP contribution in [0.5, 0.6) is 0 Å². The Labute approximate surface area is 90.4 Å². The van der Waals surface area contributed by atoms with Crippen molar-refractivity contribution in [3.05, 3.63) is 35.4 Å². The first kappa shape index (κ1) is 10.5. The fourth-order valence-electron chi connectivity index (χ4n) is 1.50. The van der Waals surface area contributed by atoms with Crippen LogP contribution in [0.25, 0.3) is 0 Å². The molecule has 0 saturated carbocycles. The van der Waals surface area contributed by atoms with Crippen molar-refractivity contribution < 1.29 is 13.6 Å². The molecule has 16 heavy (non-hydrogen) atoms. The fourth-order valence-corrected chi connectivity index (χ4v) is 1.50. The first-order valence-electron chi connectivity index (χ1n) is 4.61. The minimum absolute atomic E-state index is 0.0313. The number of hydrogen-bond donors (Lipinski definition) is 2. The molecular formula is C10H9F2N3O. The van der Waals surface area contributed by atoms with E-state index in [-0.39, 0.29) is 11.5 Å². The second-order valence-corrected chi connectivity index (χ2v) is 3.30. The molecule has 1 amide bonds. The third-order valence-corrected chi connectivity index (χ3v) is 2.28. The maximum Gasteiger partial charge on any atom is 0.254 e. The average molecular weight is 225 g/mol. The van der Waals surface area contributed by atoms with Crippen molar-refractivity contribution in [2.24, 2.45) is 4.99 Å². The topological polar surface area (TPSA) is 53.5 Å². The largest absolute Gasteiger partial charge is 0.340 e. The SMILES string of the molecule is CN=C1NC(=O)C(c2cc(F)ccc2F)N1. The molecule has 84 valence electrons. The van der Waals surface area contributed by atoms with Gasteiger partial charge in [0.1, 0.15) is 17.7 Å². The minimum Gasteiger partial charge on any atom is -0.340 e. The van der Waals surface area contributed by atoms with E-state index in [1.54, 1.807) is 0 Å². The molecule has 1 aromatic rings. The Morgan fingerprint density at radius 3 is 2.75 bits per heavy atom. The van der Waals surface area contributed by atoms with Gasteiger partial charge in [0.05, 0.1) is 0 Å². The van der Waals surface area contributed by atoms with Crippen molar-refractivity contribution in [1.29, 1.82) is 0 Å². The Hall–Kier alpha value is -1.98. The first-order valence-corrected chi connectivity index (χ1v) is 4.61. The number of guanidine groups is 1. The van der Waals surface area contributed by atoms with E-state index in [2.05, 4.69) is 15.6 Å². The molecule has 0 aromatic heterocycles. The molecule has 6 heteroatoms. The molecule has 1 saturated heterocycles. The maximum atomic E-state index is 13.4. The molecule has 0 aliphatic carbocycles. The van der Waals surface area contributed by atoms with E-state index in [0.29, 0.717) is 0 Å². The highest BCUT2D eigenvalue weighted by atomic mass is 19.1. The molecule has 0 radical (unpaired) electrons. The van der Waals surface area contributed by atoms with E-state index in [9.17, 15) is 13.6 Å². The second kappa shape index (κ2) is 3.88. The lowest BCUT2D eigenvalue weighted by molar-refractivity contribution is -0.120. The Balaban J connectivity index is 2.38. The van der Waals surface area contributed by atoms with Crippen molar-refractivity contribution in [1.82, 2.24) is 10.6 Å². The number of nitrogens with zero attached hydrogens (tertiary/aromatic N) is 1. The van der Waals surface area contributed by atoms with Crippen LogP contribution in [-0.2, 0) is 4.79 Å². The molecule has 2 rings (SSSR count). The lowest BCUT2D eigenvalue weighted by Gasteiger charge is -2.09. The van der Waals surface area contributed by atoms with Gasteiger partial charge in [0, 0.05) is 12.6 Å². The summed E-state index contributed by atoms with van der Waals surface area (Å²) >= 11 is 0. The molecule has 1 fully saturated rings. The van der Waals surface area contributed by atoms with Crippen molar-refractivity contribution in [2.45, 2.75) is 6.04 Å². The standard InChI is InChI=1S/C10H9F2N3O/c1-13-10-14-8(9(16)15-10)6-4-5(11)2-3-7(6)12/h2-4,8H,1H3,(H2,13,14,15,16). The van der Waals surface area contributed by atoms with Gasteiger partial charge < -0.3 is 5.32 Å². The van der Waals surface area contributed by atoms with Crippen LogP contribution in [0.1, 0.15) is 11.6 Å². The number of aliphatic imine (C=N–C) groups is 1. The lowest BCUT2D eigenvalue weighted by atomic mass is 10.1. The average Bonchev–Trinajstić information content (AvgIpc) is 2.63. The molecule has 1 aromatic carbocycles. The fraction of sp³-hybridized carbons (Fsp3) is 0.200. The van der Waals surface area contributed by atoms with Gasteiger partial charge in [-0.15, -0.1) is 0 Å². The zero-order valence-electron chi connectivity index (χ0n) is 8.42. The number of halogens is 2. The summed E-state index contributed by atoms with van der Waals surface area (Å²) in [6.07, 6.45) is 0. The Morgan fingerprint density at radius 2 is 2.12 bits per heavy atom. The third kappa shape index (κ3) is 1.73. The highest BCUT2D eigenvalue weighted by Gasteiger charge is 2.31. The van der Waals surface area contributed by atoms with Crippen LogP contribution in [0.3, 0.4) is 0 Å². The first-order chi connectivity index (χ1) is 7.61. The number of nitrogens with one attached hydrogen (secondary N) is 2. The molecule has 1 aliphatic heterocycles. The van der Waals surface area contributed by atoms with Gasteiger partial charge in [-0.05, 0) is 18.2 Å². The third-order valence-electron chi connectivity index (χ3n) is 2.28. The number of carbonyl (C=O) groups excluding carboxylic acids is 1. The number of amides is 1. The smallest absolute Gasteiger partial charge is 0.254 e. The molecule has 1 aliphatic rings. The summed E-state index contributed by atoms with van der Waals surface area (Å²) in [5.41, 5.74) is -0.0313. The van der Waals surface area contributed by atoms with Crippen LogP contribution in [0.15, 0.2) is 23.2 Å². The quantitative estimate of drug-likeness (QED) is 0.739. The zero-order chi connectivity index (χ0) is 11.7. The number of carbonyl (C=O) groups is 1. The minimum atomic E-state index is -0.936. The Bertz CT molecular complexity index is 473. The normalized spacial score (nSPS) is 22.1. The molecular weight excluding hydrogens is 216 g/mol. The Morgan fingerprint density at radius 1 is 1.38 bits per heavy atom. The predicted molar refractivity (Wildman–Crippen MR) is 53.7 cm³/mol. The van der Waals surface area contributed by atoms with E-state index in [1.807, 2.05) is 0 Å². The van der Waals surface area contributed by atoms with Crippen molar-refractivity contribution in [3.63, 3.8) is 0 Å². The highest BCUT2D eigenvalue weighted by molar-refractivity contribution is 6.06. The summed E-state index contributed by atoms with van der Waals surface area (Å²) in [5.74, 6) is -1.43. The van der Waals surface area contributed by atoms with Gasteiger partial charge in [-0.1, -0.05) is 0 Å². The molecule has 1 heterocycles. The van der Waals surface area contributed by atoms with Crippen LogP contribution < -0.4 is 10.6 Å². The van der Waals surface area contributed by atoms with Crippen LogP contribution in [0, 0.1) is 11.6 Å². The van der Waals surface area contributed by atoms with Gasteiger partial charge >= 0.3 is 0 Å². The van der Waals surface area contributed by atoms with Gasteiger partial charge in [0.15, 0.2) is 5.96 Å². The molecule has 2 N–H and O–H groups in total. The number of rotatable bonds is 1. The molecule has 1 unspecified atom stereocenters. The van der Waals surface area contributed by atoms with Gasteiger partial charge in [0.25, 0.3) is 5.91 Å². The van der Waals surface area contributed by atoms with Crippen molar-refractivity contribution in [3.8, 4) is 0 Å². The molecule has 0 bridgehead atoms. The zero-order valence-corrected chi connectivity index (χ0v) is 8.42. The summed E-state index contributed by atoms with van der Waals surface area (Å²) in [6.45, 7) is 0. The predicted octanol–water partition coefficient (Wildman–Crippen LogP) is 0.711. The van der Waals surface area contributed by atoms with Crippen molar-refractivity contribution in [2.75, 3.05) is 7.05 Å². The number of benzene rings is 1. The van der Waals surface area contributed by atoms with Gasteiger partial charge in [0.2, 0.25) is 0 Å². The summed E-state index contributed by atoms with van der Waals surface area (Å²) in [5, 5.41) is 5.07. The van der Waals surface area contributed by atoms with Crippen LogP contribution in [0.2, 0.25) is 0 Å². The Kier molecular flexibility index (Phi) is 2.55. The van der Waals surface area contributed by atoms with Gasteiger partial charge in [-0.25, -0.2) is 8.78 Å². The van der Waals surface area contributed by atoms with Crippen LogP contribution >= 0.6 is 0 Å². The summed E-state index contributed by atoms with van der Waals surface area (Å²) in [6, 6.07) is 2.04. The summed E-state index contributed by atoms with van der Waals surface area (Å²) < 4.78 is 26.3. The van der Waals surface area contributed by atoms with Gasteiger partial charge in [-0.3, -0.25) is 15.1 Å². The second-order valence-electron chi connectivity index (χ2n) is 3.30. The van der Waals surface area contributed by atoms with E-state index in [0.717, 1.165) is 18.2 Å². The summed E-state index contributed by atoms with van der Waals surface area (Å²) in [4.78, 5) is 15.2. The molecule has 1 atom stereocenters. The molecule has 0 spiro atoms. The van der Waals surface area contributed by atoms with Gasteiger partial charge in [-0.2, -0.15) is 0 Å². The molecule has 4 nitrogen and oxygen atoms in total.